The number of nitrogens with one attached hydrogen (secondary N) is 3. The minimum Gasteiger partial charge on any atom is -0.352 e. The number of carbonyl (C=O) groups is 2. The molecular weight excluding hydrogens is 361 g/mol. The van der Waals surface area contributed by atoms with Crippen LogP contribution in [-0.4, -0.2) is 30.4 Å². The van der Waals surface area contributed by atoms with Crippen LogP contribution < -0.4 is 16.0 Å². The van der Waals surface area contributed by atoms with Crippen molar-refractivity contribution >= 4 is 11.8 Å². The third-order valence-corrected chi connectivity index (χ3v) is 5.31. The highest BCUT2D eigenvalue weighted by Gasteiger charge is 2.40. The van der Waals surface area contributed by atoms with Crippen molar-refractivity contribution in [1.29, 1.82) is 10.5 Å². The van der Waals surface area contributed by atoms with Crippen molar-refractivity contribution in [3.63, 3.8) is 0 Å². The Bertz CT molecular complexity index is 928. The number of halogens is 1. The van der Waals surface area contributed by atoms with Gasteiger partial charge in [0.2, 0.25) is 11.8 Å². The summed E-state index contributed by atoms with van der Waals surface area (Å²) in [5.74, 6) is -1.45. The SMILES string of the molecule is CC1=C(CC(=O)NCc2ccc(C#N)cc2F)C(=O)NC2CCNC(C#N)C12. The average Bonchev–Trinajstić information content (AvgIpc) is 2.69. The minimum absolute atomic E-state index is 0.0429. The molecule has 8 heteroatoms. The number of benzene rings is 1. The lowest BCUT2D eigenvalue weighted by molar-refractivity contribution is -0.124. The number of hydrogen-bond donors (Lipinski definition) is 3. The fraction of sp³-hybridized carbons (Fsp3) is 0.400. The van der Waals surface area contributed by atoms with E-state index in [0.717, 1.165) is 18.1 Å². The fourth-order valence-electron chi connectivity index (χ4n) is 3.81. The van der Waals surface area contributed by atoms with E-state index < -0.39 is 17.8 Å². The number of amides is 2. The molecule has 0 saturated carbocycles. The van der Waals surface area contributed by atoms with E-state index in [2.05, 4.69) is 22.0 Å². The van der Waals surface area contributed by atoms with Gasteiger partial charge in [-0.3, -0.25) is 9.59 Å². The van der Waals surface area contributed by atoms with Crippen LogP contribution in [0.3, 0.4) is 0 Å². The molecule has 144 valence electrons. The van der Waals surface area contributed by atoms with E-state index >= 15 is 0 Å². The van der Waals surface area contributed by atoms with Crippen molar-refractivity contribution in [2.45, 2.75) is 38.4 Å². The first-order valence-electron chi connectivity index (χ1n) is 9.03. The summed E-state index contributed by atoms with van der Waals surface area (Å²) in [5.41, 5.74) is 1.55. The van der Waals surface area contributed by atoms with Gasteiger partial charge in [0.05, 0.1) is 24.1 Å². The maximum absolute atomic E-state index is 13.9. The number of piperidine rings is 1. The quantitative estimate of drug-likeness (QED) is 0.720. The van der Waals surface area contributed by atoms with Gasteiger partial charge in [0.15, 0.2) is 0 Å². The number of nitriles is 2. The number of nitrogens with zero attached hydrogens (tertiary/aromatic N) is 2. The number of hydrogen-bond acceptors (Lipinski definition) is 5. The standard InChI is InChI=1S/C20H20FN5O2/c1-11-14(20(28)26-16-4-5-24-17(9-23)19(11)16)7-18(27)25-10-13-3-2-12(8-22)6-15(13)21/h2-3,6,16-17,19,24H,4-5,7,10H2,1H3,(H,25,27)(H,26,28). The zero-order chi connectivity index (χ0) is 20.3. The molecule has 0 radical (unpaired) electrons. The Morgan fingerprint density at radius 1 is 1.39 bits per heavy atom. The van der Waals surface area contributed by atoms with Gasteiger partial charge in [0.1, 0.15) is 11.9 Å². The predicted molar refractivity (Wildman–Crippen MR) is 97.7 cm³/mol. The van der Waals surface area contributed by atoms with Gasteiger partial charge in [0, 0.05) is 29.6 Å². The first-order chi connectivity index (χ1) is 13.4. The van der Waals surface area contributed by atoms with Crippen LogP contribution in [0.4, 0.5) is 4.39 Å². The van der Waals surface area contributed by atoms with Crippen molar-refractivity contribution in [1.82, 2.24) is 16.0 Å². The van der Waals surface area contributed by atoms with Gasteiger partial charge in [-0.15, -0.1) is 0 Å². The molecular formula is C20H20FN5O2. The summed E-state index contributed by atoms with van der Waals surface area (Å²) in [5, 5.41) is 26.8. The molecule has 3 rings (SSSR count). The van der Waals surface area contributed by atoms with Gasteiger partial charge >= 0.3 is 0 Å². The predicted octanol–water partition coefficient (Wildman–Crippen LogP) is 1.02. The average molecular weight is 381 g/mol. The fourth-order valence-corrected chi connectivity index (χ4v) is 3.81. The summed E-state index contributed by atoms with van der Waals surface area (Å²) >= 11 is 0. The minimum atomic E-state index is -0.571. The lowest BCUT2D eigenvalue weighted by Crippen LogP contribution is -2.58. The third-order valence-electron chi connectivity index (χ3n) is 5.31. The Morgan fingerprint density at radius 2 is 2.18 bits per heavy atom. The van der Waals surface area contributed by atoms with Gasteiger partial charge in [-0.1, -0.05) is 11.6 Å². The maximum Gasteiger partial charge on any atom is 0.247 e. The topological polar surface area (TPSA) is 118 Å². The summed E-state index contributed by atoms with van der Waals surface area (Å²) in [6.45, 7) is 2.40. The maximum atomic E-state index is 13.9. The van der Waals surface area contributed by atoms with Crippen LogP contribution in [0.25, 0.3) is 0 Å². The van der Waals surface area contributed by atoms with E-state index in [0.29, 0.717) is 12.1 Å². The summed E-state index contributed by atoms with van der Waals surface area (Å²) in [6.07, 6.45) is 0.584. The number of carbonyl (C=O) groups excluding carboxylic acids is 2. The van der Waals surface area contributed by atoms with Gasteiger partial charge in [-0.2, -0.15) is 10.5 Å². The van der Waals surface area contributed by atoms with Crippen LogP contribution in [0.2, 0.25) is 0 Å². The molecule has 3 unspecified atom stereocenters. The molecule has 0 aromatic heterocycles. The van der Waals surface area contributed by atoms with Gasteiger partial charge < -0.3 is 16.0 Å². The highest BCUT2D eigenvalue weighted by atomic mass is 19.1. The molecule has 28 heavy (non-hydrogen) atoms. The molecule has 7 nitrogen and oxygen atoms in total. The molecule has 1 saturated heterocycles. The molecule has 2 heterocycles. The van der Waals surface area contributed by atoms with Crippen molar-refractivity contribution in [3.8, 4) is 12.1 Å². The Kier molecular flexibility index (Phi) is 5.72. The Labute approximate surface area is 162 Å². The van der Waals surface area contributed by atoms with Crippen LogP contribution in [0.5, 0.6) is 0 Å². The van der Waals surface area contributed by atoms with E-state index in [-0.39, 0.29) is 42.0 Å². The molecule has 0 spiro atoms. The van der Waals surface area contributed by atoms with Crippen molar-refractivity contribution in [2.24, 2.45) is 5.92 Å². The van der Waals surface area contributed by atoms with E-state index in [4.69, 9.17) is 5.26 Å². The molecule has 0 bridgehead atoms. The van der Waals surface area contributed by atoms with Gasteiger partial charge in [-0.25, -0.2) is 4.39 Å². The normalized spacial score (nSPS) is 23.9. The van der Waals surface area contributed by atoms with E-state index in [1.165, 1.54) is 12.1 Å². The molecule has 2 aliphatic heterocycles. The summed E-state index contributed by atoms with van der Waals surface area (Å²) in [7, 11) is 0. The van der Waals surface area contributed by atoms with Crippen LogP contribution in [-0.2, 0) is 16.1 Å². The monoisotopic (exact) mass is 381 g/mol. The highest BCUT2D eigenvalue weighted by Crippen LogP contribution is 2.32. The van der Waals surface area contributed by atoms with Crippen molar-refractivity contribution in [3.05, 3.63) is 46.3 Å². The number of fused-ring (bicyclic) bond motifs is 1. The Balaban J connectivity index is 1.70. The third kappa shape index (κ3) is 3.88. The van der Waals surface area contributed by atoms with Crippen LogP contribution in [0.15, 0.2) is 29.3 Å². The summed E-state index contributed by atoms with van der Waals surface area (Å²) < 4.78 is 13.9. The van der Waals surface area contributed by atoms with E-state index in [1.54, 1.807) is 6.92 Å². The molecule has 3 N–H and O–H groups in total. The van der Waals surface area contributed by atoms with E-state index in [9.17, 15) is 19.2 Å². The zero-order valence-corrected chi connectivity index (χ0v) is 15.4. The zero-order valence-electron chi connectivity index (χ0n) is 15.4. The number of rotatable bonds is 4. The second kappa shape index (κ2) is 8.20. The van der Waals surface area contributed by atoms with Crippen molar-refractivity contribution < 1.29 is 14.0 Å². The lowest BCUT2D eigenvalue weighted by atomic mass is 9.76. The molecule has 0 aliphatic carbocycles. The first kappa shape index (κ1) is 19.5. The molecule has 2 aliphatic rings. The molecule has 1 aromatic carbocycles. The molecule has 2 amide bonds. The molecule has 1 aromatic rings. The largest absolute Gasteiger partial charge is 0.352 e. The first-order valence-corrected chi connectivity index (χ1v) is 9.03. The highest BCUT2D eigenvalue weighted by molar-refractivity contribution is 6.00. The van der Waals surface area contributed by atoms with E-state index in [1.807, 2.05) is 6.07 Å². The van der Waals surface area contributed by atoms with Gasteiger partial charge in [0.25, 0.3) is 0 Å². The second-order valence-electron chi connectivity index (χ2n) is 6.99. The summed E-state index contributed by atoms with van der Waals surface area (Å²) in [6, 6.07) is 7.58. The van der Waals surface area contributed by atoms with Gasteiger partial charge in [-0.05, 0) is 32.0 Å². The molecule has 1 fully saturated rings. The van der Waals surface area contributed by atoms with Crippen LogP contribution in [0.1, 0.15) is 30.9 Å². The van der Waals surface area contributed by atoms with Crippen LogP contribution >= 0.6 is 0 Å². The second-order valence-corrected chi connectivity index (χ2v) is 6.99. The Morgan fingerprint density at radius 3 is 2.86 bits per heavy atom. The summed E-state index contributed by atoms with van der Waals surface area (Å²) in [4.78, 5) is 24.8. The van der Waals surface area contributed by atoms with Crippen molar-refractivity contribution in [2.75, 3.05) is 6.54 Å². The smallest absolute Gasteiger partial charge is 0.247 e. The van der Waals surface area contributed by atoms with Crippen LogP contribution in [0, 0.1) is 34.4 Å². The lowest BCUT2D eigenvalue weighted by Gasteiger charge is -2.41. The Hall–Kier alpha value is -3.23. The molecule has 3 atom stereocenters.